The summed E-state index contributed by atoms with van der Waals surface area (Å²) in [5.41, 5.74) is -1.52. The van der Waals surface area contributed by atoms with E-state index in [1.165, 1.54) is 4.90 Å². The van der Waals surface area contributed by atoms with Crippen LogP contribution in [0.25, 0.3) is 0 Å². The van der Waals surface area contributed by atoms with Gasteiger partial charge in [0.1, 0.15) is 17.2 Å². The van der Waals surface area contributed by atoms with E-state index in [0.29, 0.717) is 32.0 Å². The van der Waals surface area contributed by atoms with Gasteiger partial charge in [-0.15, -0.1) is 0 Å². The molecular weight excluding hydrogens is 338 g/mol. The summed E-state index contributed by atoms with van der Waals surface area (Å²) in [6.07, 6.45) is 0.591. The van der Waals surface area contributed by atoms with E-state index >= 15 is 0 Å². The van der Waals surface area contributed by atoms with E-state index in [-0.39, 0.29) is 5.91 Å². The van der Waals surface area contributed by atoms with E-state index in [1.54, 1.807) is 25.7 Å². The Morgan fingerprint density at radius 3 is 2.50 bits per heavy atom. The van der Waals surface area contributed by atoms with Crippen molar-refractivity contribution in [2.75, 3.05) is 26.2 Å². The van der Waals surface area contributed by atoms with E-state index in [2.05, 4.69) is 5.32 Å². The number of amides is 3. The Bertz CT molecular complexity index is 572. The molecule has 0 radical (unpaired) electrons. The third-order valence-corrected chi connectivity index (χ3v) is 4.65. The highest BCUT2D eigenvalue weighted by molar-refractivity contribution is 5.98. The van der Waals surface area contributed by atoms with Gasteiger partial charge in [0.25, 0.3) is 5.91 Å². The zero-order chi connectivity index (χ0) is 19.7. The Kier molecular flexibility index (Phi) is 5.85. The number of aliphatic hydroxyl groups is 1. The Hall–Kier alpha value is -1.83. The molecule has 2 N–H and O–H groups in total. The predicted molar refractivity (Wildman–Crippen MR) is 95.3 cm³/mol. The SMILES string of the molecule is CC(C)CN1CC2(CCCN2C(=O)[C@H](CO)NC(=O)OC(C)(C)C)C1=O. The summed E-state index contributed by atoms with van der Waals surface area (Å²) in [4.78, 5) is 40.8. The Labute approximate surface area is 154 Å². The molecule has 0 aliphatic carbocycles. The van der Waals surface area contributed by atoms with Crippen molar-refractivity contribution >= 4 is 17.9 Å². The first-order valence-corrected chi connectivity index (χ1v) is 9.21. The second kappa shape index (κ2) is 7.42. The van der Waals surface area contributed by atoms with Crippen LogP contribution < -0.4 is 5.32 Å². The van der Waals surface area contributed by atoms with Gasteiger partial charge in [0.2, 0.25) is 5.91 Å². The normalized spacial score (nSPS) is 24.0. The monoisotopic (exact) mass is 369 g/mol. The third kappa shape index (κ3) is 4.11. The zero-order valence-corrected chi connectivity index (χ0v) is 16.4. The van der Waals surface area contributed by atoms with Gasteiger partial charge in [-0.05, 0) is 39.5 Å². The van der Waals surface area contributed by atoms with E-state index in [9.17, 15) is 19.5 Å². The second-order valence-electron chi connectivity index (χ2n) is 8.59. The maximum Gasteiger partial charge on any atom is 0.408 e. The van der Waals surface area contributed by atoms with E-state index in [0.717, 1.165) is 6.42 Å². The summed E-state index contributed by atoms with van der Waals surface area (Å²) in [6, 6.07) is -1.12. The van der Waals surface area contributed by atoms with Gasteiger partial charge in [-0.3, -0.25) is 9.59 Å². The predicted octanol–water partition coefficient (Wildman–Crippen LogP) is 0.731. The molecular formula is C18H31N3O5. The van der Waals surface area contributed by atoms with Crippen molar-refractivity contribution < 1.29 is 24.2 Å². The molecule has 2 atom stereocenters. The lowest BCUT2D eigenvalue weighted by atomic mass is 9.84. The molecule has 148 valence electrons. The summed E-state index contributed by atoms with van der Waals surface area (Å²) in [5, 5.41) is 12.0. The Morgan fingerprint density at radius 2 is 2.00 bits per heavy atom. The largest absolute Gasteiger partial charge is 0.444 e. The topological polar surface area (TPSA) is 99.2 Å². The molecule has 2 aliphatic rings. The quantitative estimate of drug-likeness (QED) is 0.696. The van der Waals surface area contributed by atoms with E-state index in [4.69, 9.17) is 4.74 Å². The van der Waals surface area contributed by atoms with Gasteiger partial charge in [0, 0.05) is 13.1 Å². The molecule has 2 heterocycles. The summed E-state index contributed by atoms with van der Waals surface area (Å²) < 4.78 is 5.15. The number of aliphatic hydroxyl groups excluding tert-OH is 1. The molecule has 2 aliphatic heterocycles. The highest BCUT2D eigenvalue weighted by atomic mass is 16.6. The maximum absolute atomic E-state index is 12.9. The van der Waals surface area contributed by atoms with Crippen LogP contribution in [0.2, 0.25) is 0 Å². The third-order valence-electron chi connectivity index (χ3n) is 4.65. The zero-order valence-electron chi connectivity index (χ0n) is 16.4. The van der Waals surface area contributed by atoms with Gasteiger partial charge in [0.15, 0.2) is 0 Å². The minimum atomic E-state index is -1.12. The lowest BCUT2D eigenvalue weighted by molar-refractivity contribution is -0.169. The first-order valence-electron chi connectivity index (χ1n) is 9.21. The summed E-state index contributed by atoms with van der Waals surface area (Å²) in [6.45, 7) is 10.3. The summed E-state index contributed by atoms with van der Waals surface area (Å²) >= 11 is 0. The number of hydrogen-bond donors (Lipinski definition) is 2. The molecule has 1 unspecified atom stereocenters. The van der Waals surface area contributed by atoms with Crippen LogP contribution >= 0.6 is 0 Å². The highest BCUT2D eigenvalue weighted by Crippen LogP contribution is 2.39. The van der Waals surface area contributed by atoms with Gasteiger partial charge in [-0.1, -0.05) is 13.8 Å². The molecule has 0 aromatic heterocycles. The fraction of sp³-hybridized carbons (Fsp3) is 0.833. The van der Waals surface area contributed by atoms with Gasteiger partial charge in [-0.25, -0.2) is 4.79 Å². The van der Waals surface area contributed by atoms with Gasteiger partial charge in [-0.2, -0.15) is 0 Å². The van der Waals surface area contributed by atoms with Crippen molar-refractivity contribution in [2.24, 2.45) is 5.92 Å². The first-order chi connectivity index (χ1) is 12.0. The highest BCUT2D eigenvalue weighted by Gasteiger charge is 2.60. The van der Waals surface area contributed by atoms with Crippen LogP contribution in [-0.4, -0.2) is 76.2 Å². The van der Waals surface area contributed by atoms with Crippen LogP contribution in [0.1, 0.15) is 47.5 Å². The van der Waals surface area contributed by atoms with Crippen LogP contribution in [-0.2, 0) is 14.3 Å². The van der Waals surface area contributed by atoms with Crippen molar-refractivity contribution in [1.29, 1.82) is 0 Å². The van der Waals surface area contributed by atoms with Crippen LogP contribution in [0.5, 0.6) is 0 Å². The number of likely N-dealkylation sites (tertiary alicyclic amines) is 2. The van der Waals surface area contributed by atoms with Gasteiger partial charge < -0.3 is 25.0 Å². The minimum absolute atomic E-state index is 0.0361. The second-order valence-corrected chi connectivity index (χ2v) is 8.59. The average Bonchev–Trinajstić information content (AvgIpc) is 2.95. The van der Waals surface area contributed by atoms with Crippen LogP contribution in [0, 0.1) is 5.92 Å². The van der Waals surface area contributed by atoms with Crippen LogP contribution in [0.4, 0.5) is 4.79 Å². The van der Waals surface area contributed by atoms with Crippen molar-refractivity contribution in [3.8, 4) is 0 Å². The number of nitrogens with zero attached hydrogens (tertiary/aromatic N) is 2. The molecule has 2 rings (SSSR count). The number of rotatable bonds is 5. The number of alkyl carbamates (subject to hydrolysis) is 1. The number of hydrogen-bond acceptors (Lipinski definition) is 5. The molecule has 2 saturated heterocycles. The number of β-lactam (4-membered cyclic amide) rings is 1. The maximum atomic E-state index is 12.9. The molecule has 26 heavy (non-hydrogen) atoms. The van der Waals surface area contributed by atoms with E-state index in [1.807, 2.05) is 13.8 Å². The molecule has 0 bridgehead atoms. The Balaban J connectivity index is 2.05. The number of carbonyl (C=O) groups is 3. The Morgan fingerprint density at radius 1 is 1.35 bits per heavy atom. The molecule has 3 amide bonds. The van der Waals surface area contributed by atoms with E-state index < -0.39 is 35.8 Å². The van der Waals surface area contributed by atoms with Crippen molar-refractivity contribution in [2.45, 2.75) is 64.6 Å². The fourth-order valence-corrected chi connectivity index (χ4v) is 3.66. The number of carbonyl (C=O) groups excluding carboxylic acids is 3. The molecule has 2 fully saturated rings. The van der Waals surface area contributed by atoms with Crippen LogP contribution in [0.15, 0.2) is 0 Å². The molecule has 1 spiro atoms. The van der Waals surface area contributed by atoms with Crippen molar-refractivity contribution in [3.05, 3.63) is 0 Å². The smallest absolute Gasteiger partial charge is 0.408 e. The standard InChI is InChI=1S/C18H31N3O5/c1-12(2)9-20-11-18(15(20)24)7-6-8-21(18)14(23)13(10-22)19-16(25)26-17(3,4)5/h12-13,22H,6-11H2,1-5H3,(H,19,25)/t13-,18?/m0/s1. The molecule has 8 nitrogen and oxygen atoms in total. The number of nitrogens with one attached hydrogen (secondary N) is 1. The van der Waals surface area contributed by atoms with Gasteiger partial charge in [0.05, 0.1) is 13.2 Å². The molecule has 8 heteroatoms. The van der Waals surface area contributed by atoms with Crippen molar-refractivity contribution in [3.63, 3.8) is 0 Å². The van der Waals surface area contributed by atoms with Gasteiger partial charge >= 0.3 is 6.09 Å². The average molecular weight is 369 g/mol. The molecule has 0 aromatic rings. The number of ether oxygens (including phenoxy) is 1. The molecule has 0 aromatic carbocycles. The first kappa shape index (κ1) is 20.5. The van der Waals surface area contributed by atoms with Crippen LogP contribution in [0.3, 0.4) is 0 Å². The summed E-state index contributed by atoms with van der Waals surface area (Å²) in [7, 11) is 0. The molecule has 0 saturated carbocycles. The fourth-order valence-electron chi connectivity index (χ4n) is 3.66. The van der Waals surface area contributed by atoms with Crippen molar-refractivity contribution in [1.82, 2.24) is 15.1 Å². The lowest BCUT2D eigenvalue weighted by Crippen LogP contribution is -2.74. The summed E-state index contributed by atoms with van der Waals surface area (Å²) in [5.74, 6) is -0.111. The lowest BCUT2D eigenvalue weighted by Gasteiger charge is -2.52. The minimum Gasteiger partial charge on any atom is -0.444 e.